The number of halogens is 1. The zero-order chi connectivity index (χ0) is 12.6. The molecule has 0 radical (unpaired) electrons. The third kappa shape index (κ3) is 1.78. The molecule has 6 heteroatoms. The standard InChI is InChI=1S/C11H9ClO5/c1-15-5-3-6-8(13)10(11(14)16-2)17-9(6)7(12)4-5/h3-4,13H,1-2H3. The maximum atomic E-state index is 11.3. The van der Waals surface area contributed by atoms with E-state index in [1.807, 2.05) is 0 Å². The number of benzene rings is 1. The predicted molar refractivity (Wildman–Crippen MR) is 60.8 cm³/mol. The fourth-order valence-corrected chi connectivity index (χ4v) is 1.72. The molecule has 0 aliphatic rings. The van der Waals surface area contributed by atoms with E-state index in [1.165, 1.54) is 26.4 Å². The van der Waals surface area contributed by atoms with Crippen LogP contribution in [0.2, 0.25) is 5.02 Å². The average Bonchev–Trinajstić information content (AvgIpc) is 2.67. The van der Waals surface area contributed by atoms with E-state index in [0.717, 1.165) is 0 Å². The van der Waals surface area contributed by atoms with Gasteiger partial charge in [0.05, 0.1) is 24.6 Å². The van der Waals surface area contributed by atoms with Crippen molar-refractivity contribution < 1.29 is 23.8 Å². The molecule has 1 N–H and O–H groups in total. The first-order valence-corrected chi connectivity index (χ1v) is 5.03. The van der Waals surface area contributed by atoms with Gasteiger partial charge in [0.25, 0.3) is 5.76 Å². The van der Waals surface area contributed by atoms with Crippen LogP contribution in [-0.2, 0) is 4.74 Å². The van der Waals surface area contributed by atoms with Crippen LogP contribution in [0.3, 0.4) is 0 Å². The molecule has 2 rings (SSSR count). The largest absolute Gasteiger partial charge is 0.504 e. The van der Waals surface area contributed by atoms with Crippen LogP contribution in [-0.4, -0.2) is 25.3 Å². The summed E-state index contributed by atoms with van der Waals surface area (Å²) in [6.45, 7) is 0. The summed E-state index contributed by atoms with van der Waals surface area (Å²) in [6.07, 6.45) is 0. The van der Waals surface area contributed by atoms with Crippen LogP contribution in [0.4, 0.5) is 0 Å². The summed E-state index contributed by atoms with van der Waals surface area (Å²) in [5, 5.41) is 10.4. The molecule has 1 aromatic heterocycles. The number of ether oxygens (including phenoxy) is 2. The highest BCUT2D eigenvalue weighted by Gasteiger charge is 2.22. The number of carbonyl (C=O) groups excluding carboxylic acids is 1. The Balaban J connectivity index is 2.73. The number of carbonyl (C=O) groups is 1. The Morgan fingerprint density at radius 1 is 1.41 bits per heavy atom. The van der Waals surface area contributed by atoms with Crippen molar-refractivity contribution in [2.24, 2.45) is 0 Å². The van der Waals surface area contributed by atoms with E-state index in [1.54, 1.807) is 0 Å². The highest BCUT2D eigenvalue weighted by molar-refractivity contribution is 6.35. The van der Waals surface area contributed by atoms with Crippen molar-refractivity contribution in [1.29, 1.82) is 0 Å². The summed E-state index contributed by atoms with van der Waals surface area (Å²) in [5.41, 5.74) is 0.213. The van der Waals surface area contributed by atoms with Crippen LogP contribution in [0.1, 0.15) is 10.6 Å². The zero-order valence-corrected chi connectivity index (χ0v) is 9.87. The van der Waals surface area contributed by atoms with Gasteiger partial charge in [0.2, 0.25) is 0 Å². The van der Waals surface area contributed by atoms with E-state index in [9.17, 15) is 9.90 Å². The highest BCUT2D eigenvalue weighted by Crippen LogP contribution is 2.39. The maximum Gasteiger partial charge on any atom is 0.377 e. The lowest BCUT2D eigenvalue weighted by atomic mass is 10.2. The van der Waals surface area contributed by atoms with Crippen molar-refractivity contribution in [2.75, 3.05) is 14.2 Å². The molecular weight excluding hydrogens is 248 g/mol. The number of furan rings is 1. The molecule has 0 saturated heterocycles. The SMILES string of the molecule is COC(=O)c1oc2c(Cl)cc(OC)cc2c1O. The smallest absolute Gasteiger partial charge is 0.377 e. The molecule has 0 aliphatic carbocycles. The number of fused-ring (bicyclic) bond motifs is 1. The van der Waals surface area contributed by atoms with E-state index in [0.29, 0.717) is 11.1 Å². The van der Waals surface area contributed by atoms with Crippen molar-refractivity contribution in [3.05, 3.63) is 22.9 Å². The van der Waals surface area contributed by atoms with Crippen LogP contribution < -0.4 is 4.74 Å². The van der Waals surface area contributed by atoms with Gasteiger partial charge in [-0.1, -0.05) is 11.6 Å². The molecule has 0 amide bonds. The van der Waals surface area contributed by atoms with Crippen molar-refractivity contribution >= 4 is 28.5 Å². The lowest BCUT2D eigenvalue weighted by molar-refractivity contribution is 0.0563. The Bertz CT molecular complexity index is 587. The first-order valence-electron chi connectivity index (χ1n) is 4.65. The van der Waals surface area contributed by atoms with Crippen molar-refractivity contribution in [1.82, 2.24) is 0 Å². The van der Waals surface area contributed by atoms with Crippen LogP contribution in [0.5, 0.6) is 11.5 Å². The van der Waals surface area contributed by atoms with Gasteiger partial charge in [0.15, 0.2) is 11.3 Å². The summed E-state index contributed by atoms with van der Waals surface area (Å²) < 4.78 is 14.6. The molecule has 5 nitrogen and oxygen atoms in total. The second kappa shape index (κ2) is 4.18. The zero-order valence-electron chi connectivity index (χ0n) is 9.11. The normalized spacial score (nSPS) is 10.5. The van der Waals surface area contributed by atoms with Crippen LogP contribution in [0, 0.1) is 0 Å². The van der Waals surface area contributed by atoms with E-state index in [4.69, 9.17) is 20.8 Å². The van der Waals surface area contributed by atoms with E-state index >= 15 is 0 Å². The van der Waals surface area contributed by atoms with Gasteiger partial charge in [0, 0.05) is 6.07 Å². The van der Waals surface area contributed by atoms with Crippen LogP contribution in [0.25, 0.3) is 11.0 Å². The Morgan fingerprint density at radius 2 is 2.12 bits per heavy atom. The third-order valence-corrected chi connectivity index (χ3v) is 2.58. The Kier molecular flexibility index (Phi) is 2.85. The number of esters is 1. The molecule has 17 heavy (non-hydrogen) atoms. The number of aromatic hydroxyl groups is 1. The number of methoxy groups -OCH3 is 2. The van der Waals surface area contributed by atoms with E-state index in [2.05, 4.69) is 4.74 Å². The minimum Gasteiger partial charge on any atom is -0.504 e. The van der Waals surface area contributed by atoms with Gasteiger partial charge in [0.1, 0.15) is 5.75 Å². The molecule has 0 saturated carbocycles. The molecule has 0 unspecified atom stereocenters. The number of rotatable bonds is 2. The average molecular weight is 257 g/mol. The molecule has 0 spiro atoms. The van der Waals surface area contributed by atoms with Gasteiger partial charge in [-0.05, 0) is 6.07 Å². The van der Waals surface area contributed by atoms with Gasteiger partial charge in [-0.2, -0.15) is 0 Å². The lowest BCUT2D eigenvalue weighted by Gasteiger charge is -1.99. The monoisotopic (exact) mass is 256 g/mol. The summed E-state index contributed by atoms with van der Waals surface area (Å²) in [7, 11) is 2.66. The molecule has 0 fully saturated rings. The molecular formula is C11H9ClO5. The second-order valence-corrected chi connectivity index (χ2v) is 3.66. The summed E-state index contributed by atoms with van der Waals surface area (Å²) >= 11 is 5.94. The first kappa shape index (κ1) is 11.6. The molecule has 0 aliphatic heterocycles. The maximum absolute atomic E-state index is 11.3. The summed E-state index contributed by atoms with van der Waals surface area (Å²) in [5.74, 6) is -0.908. The van der Waals surface area contributed by atoms with Crippen LogP contribution >= 0.6 is 11.6 Å². The van der Waals surface area contributed by atoms with Gasteiger partial charge in [-0.25, -0.2) is 4.79 Å². The van der Waals surface area contributed by atoms with E-state index in [-0.39, 0.29) is 22.1 Å². The van der Waals surface area contributed by atoms with Crippen molar-refractivity contribution in [3.63, 3.8) is 0 Å². The minimum absolute atomic E-state index is 0.213. The predicted octanol–water partition coefficient (Wildman–Crippen LogP) is 2.59. The van der Waals surface area contributed by atoms with Gasteiger partial charge in [-0.3, -0.25) is 0 Å². The Morgan fingerprint density at radius 3 is 2.71 bits per heavy atom. The van der Waals surface area contributed by atoms with Crippen molar-refractivity contribution in [2.45, 2.75) is 0 Å². The number of hydrogen-bond donors (Lipinski definition) is 1. The molecule has 90 valence electrons. The second-order valence-electron chi connectivity index (χ2n) is 3.26. The summed E-state index contributed by atoms with van der Waals surface area (Å²) in [4.78, 5) is 11.3. The Labute approximate surface area is 101 Å². The molecule has 1 aromatic carbocycles. The minimum atomic E-state index is -0.770. The highest BCUT2D eigenvalue weighted by atomic mass is 35.5. The van der Waals surface area contributed by atoms with Gasteiger partial charge >= 0.3 is 5.97 Å². The third-order valence-electron chi connectivity index (χ3n) is 2.30. The first-order chi connectivity index (χ1) is 8.08. The Hall–Kier alpha value is -1.88. The fourth-order valence-electron chi connectivity index (χ4n) is 1.47. The van der Waals surface area contributed by atoms with E-state index < -0.39 is 5.97 Å². The molecule has 2 aromatic rings. The number of hydrogen-bond acceptors (Lipinski definition) is 5. The summed E-state index contributed by atoms with van der Waals surface area (Å²) in [6, 6.07) is 3.04. The van der Waals surface area contributed by atoms with Crippen molar-refractivity contribution in [3.8, 4) is 11.5 Å². The van der Waals surface area contributed by atoms with Gasteiger partial charge < -0.3 is 19.0 Å². The topological polar surface area (TPSA) is 68.9 Å². The molecule has 1 heterocycles. The fraction of sp³-hybridized carbons (Fsp3) is 0.182. The quantitative estimate of drug-likeness (QED) is 0.837. The lowest BCUT2D eigenvalue weighted by Crippen LogP contribution is -1.98. The molecule has 0 bridgehead atoms. The van der Waals surface area contributed by atoms with Gasteiger partial charge in [-0.15, -0.1) is 0 Å². The van der Waals surface area contributed by atoms with Crippen LogP contribution in [0.15, 0.2) is 16.5 Å². The molecule has 0 atom stereocenters.